The Labute approximate surface area is 262 Å². The first-order valence-corrected chi connectivity index (χ1v) is 15.0. The van der Waals surface area contributed by atoms with Crippen LogP contribution in [-0.2, 0) is 30.3 Å². The summed E-state index contributed by atoms with van der Waals surface area (Å²) in [5.41, 5.74) is 0.621. The highest BCUT2D eigenvalue weighted by atomic mass is 16.6. The summed E-state index contributed by atoms with van der Waals surface area (Å²) in [6, 6.07) is 13.4. The van der Waals surface area contributed by atoms with E-state index in [0.717, 1.165) is 11.1 Å². The molecule has 2 aromatic rings. The second-order valence-corrected chi connectivity index (χ2v) is 13.2. The number of hydrogen-bond acceptors (Lipinski definition) is 6. The summed E-state index contributed by atoms with van der Waals surface area (Å²) in [5, 5.41) is 5.59. The highest BCUT2D eigenvalue weighted by molar-refractivity contribution is 5.94. The van der Waals surface area contributed by atoms with E-state index in [2.05, 4.69) is 17.2 Å². The lowest BCUT2D eigenvalue weighted by Gasteiger charge is -2.36. The average Bonchev–Trinajstić information content (AvgIpc) is 2.90. The van der Waals surface area contributed by atoms with Gasteiger partial charge in [0, 0.05) is 13.0 Å². The minimum absolute atomic E-state index is 0.000260. The molecule has 0 aliphatic heterocycles. The number of amides is 3. The Morgan fingerprint density at radius 2 is 1.43 bits per heavy atom. The zero-order valence-corrected chi connectivity index (χ0v) is 27.6. The number of aryl methyl sites for hydroxylation is 1. The van der Waals surface area contributed by atoms with Crippen molar-refractivity contribution in [1.82, 2.24) is 15.5 Å². The Morgan fingerprint density at radius 3 is 1.95 bits per heavy atom. The van der Waals surface area contributed by atoms with Crippen LogP contribution in [0.3, 0.4) is 0 Å². The molecule has 240 valence electrons. The molecule has 0 aliphatic carbocycles. The fraction of sp³-hybridized carbons (Fsp3) is 0.486. The number of nitrogens with zero attached hydrogens (tertiary/aromatic N) is 1. The minimum atomic E-state index is -1.15. The van der Waals surface area contributed by atoms with Crippen molar-refractivity contribution >= 4 is 23.9 Å². The van der Waals surface area contributed by atoms with Crippen LogP contribution in [0.4, 0.5) is 4.79 Å². The minimum Gasteiger partial charge on any atom is -0.458 e. The normalized spacial score (nSPS) is 13.7. The third kappa shape index (κ3) is 11.2. The van der Waals surface area contributed by atoms with Gasteiger partial charge in [0.25, 0.3) is 0 Å². The maximum absolute atomic E-state index is 14.3. The maximum atomic E-state index is 14.3. The lowest BCUT2D eigenvalue weighted by Crippen LogP contribution is -2.56. The number of carbonyl (C=O) groups is 4. The first kappa shape index (κ1) is 36.1. The summed E-state index contributed by atoms with van der Waals surface area (Å²) in [7, 11) is 0. The molecule has 9 heteroatoms. The van der Waals surface area contributed by atoms with Crippen molar-refractivity contribution in [3.8, 4) is 0 Å². The second-order valence-electron chi connectivity index (χ2n) is 13.2. The van der Waals surface area contributed by atoms with Crippen LogP contribution in [0.1, 0.15) is 78.1 Å². The molecule has 3 unspecified atom stereocenters. The lowest BCUT2D eigenvalue weighted by atomic mass is 9.95. The summed E-state index contributed by atoms with van der Waals surface area (Å²) >= 11 is 0. The summed E-state index contributed by atoms with van der Waals surface area (Å²) in [6.45, 7) is 19.8. The fourth-order valence-electron chi connectivity index (χ4n) is 4.60. The molecule has 0 aliphatic rings. The maximum Gasteiger partial charge on any atom is 0.408 e. The van der Waals surface area contributed by atoms with Gasteiger partial charge < -0.3 is 25.0 Å². The zero-order chi connectivity index (χ0) is 33.2. The lowest BCUT2D eigenvalue weighted by molar-refractivity contribution is -0.159. The van der Waals surface area contributed by atoms with Crippen molar-refractivity contribution < 1.29 is 28.7 Å². The Morgan fingerprint density at radius 1 is 0.864 bits per heavy atom. The largest absolute Gasteiger partial charge is 0.458 e. The van der Waals surface area contributed by atoms with Gasteiger partial charge in [-0.1, -0.05) is 74.5 Å². The molecule has 0 radical (unpaired) electrons. The quantitative estimate of drug-likeness (QED) is 0.238. The Hall–Kier alpha value is -4.14. The number of carbonyl (C=O) groups excluding carboxylic acids is 4. The number of ether oxygens (including phenoxy) is 2. The fourth-order valence-corrected chi connectivity index (χ4v) is 4.60. The molecule has 2 rings (SSSR count). The molecule has 0 spiro atoms. The predicted octanol–water partition coefficient (Wildman–Crippen LogP) is 5.67. The first-order valence-electron chi connectivity index (χ1n) is 15.0. The Balaban J connectivity index is 2.58. The molecule has 3 amide bonds. The van der Waals surface area contributed by atoms with Gasteiger partial charge in [-0.25, -0.2) is 9.59 Å². The van der Waals surface area contributed by atoms with Crippen molar-refractivity contribution in [3.05, 3.63) is 83.9 Å². The first-order chi connectivity index (χ1) is 20.4. The third-order valence-electron chi connectivity index (χ3n) is 6.55. The van der Waals surface area contributed by atoms with Crippen molar-refractivity contribution in [2.45, 2.75) is 98.1 Å². The van der Waals surface area contributed by atoms with Gasteiger partial charge in [-0.2, -0.15) is 0 Å². The van der Waals surface area contributed by atoms with Gasteiger partial charge in [-0.3, -0.25) is 9.59 Å². The molecule has 2 N–H and O–H groups in total. The monoisotopic (exact) mass is 607 g/mol. The van der Waals surface area contributed by atoms with Gasteiger partial charge in [-0.05, 0) is 71.1 Å². The van der Waals surface area contributed by atoms with Crippen LogP contribution in [0.25, 0.3) is 0 Å². The summed E-state index contributed by atoms with van der Waals surface area (Å²) < 4.78 is 11.1. The van der Waals surface area contributed by atoms with E-state index in [1.54, 1.807) is 67.5 Å². The molecule has 0 bridgehead atoms. The number of alkyl carbamates (subject to hydrolysis) is 1. The van der Waals surface area contributed by atoms with Gasteiger partial charge >= 0.3 is 12.1 Å². The zero-order valence-electron chi connectivity index (χ0n) is 27.6. The number of esters is 1. The van der Waals surface area contributed by atoms with Crippen molar-refractivity contribution in [1.29, 1.82) is 0 Å². The van der Waals surface area contributed by atoms with E-state index in [0.29, 0.717) is 5.56 Å². The van der Waals surface area contributed by atoms with E-state index < -0.39 is 53.2 Å². The highest BCUT2D eigenvalue weighted by Gasteiger charge is 2.39. The number of hydrogen-bond donors (Lipinski definition) is 2. The van der Waals surface area contributed by atoms with E-state index in [9.17, 15) is 19.2 Å². The molecule has 3 atom stereocenters. The second kappa shape index (κ2) is 15.5. The molecule has 2 aromatic carbocycles. The number of benzene rings is 2. The number of rotatable bonds is 12. The Kier molecular flexibility index (Phi) is 12.7. The molecular weight excluding hydrogens is 558 g/mol. The average molecular weight is 608 g/mol. The molecule has 0 fully saturated rings. The molecule has 44 heavy (non-hydrogen) atoms. The Bertz CT molecular complexity index is 1290. The highest BCUT2D eigenvalue weighted by Crippen LogP contribution is 2.27. The summed E-state index contributed by atoms with van der Waals surface area (Å²) in [5.74, 6) is -1.99. The summed E-state index contributed by atoms with van der Waals surface area (Å²) in [4.78, 5) is 56.1. The van der Waals surface area contributed by atoms with E-state index in [1.165, 1.54) is 11.0 Å². The van der Waals surface area contributed by atoms with Gasteiger partial charge in [0.15, 0.2) is 0 Å². The van der Waals surface area contributed by atoms with Crippen LogP contribution in [0.2, 0.25) is 0 Å². The van der Waals surface area contributed by atoms with Gasteiger partial charge in [0.1, 0.15) is 29.3 Å². The molecule has 0 saturated carbocycles. The van der Waals surface area contributed by atoms with Crippen LogP contribution in [0.15, 0.2) is 67.3 Å². The van der Waals surface area contributed by atoms with E-state index in [-0.39, 0.29) is 18.9 Å². The van der Waals surface area contributed by atoms with Gasteiger partial charge in [0.05, 0.1) is 0 Å². The van der Waals surface area contributed by atoms with Crippen LogP contribution in [0.5, 0.6) is 0 Å². The van der Waals surface area contributed by atoms with Crippen molar-refractivity contribution in [2.24, 2.45) is 5.92 Å². The van der Waals surface area contributed by atoms with Crippen molar-refractivity contribution in [2.75, 3.05) is 6.54 Å². The van der Waals surface area contributed by atoms with Crippen LogP contribution < -0.4 is 10.6 Å². The molecule has 9 nitrogen and oxygen atoms in total. The van der Waals surface area contributed by atoms with Crippen LogP contribution >= 0.6 is 0 Å². The SMILES string of the molecule is C=CCN(C(=O)C(NC(=O)OC(C)(C)C)C(C)C)C(C(=O)NC(Cc1ccccc1)C(=O)OC(C)(C)C)c1ccccc1C. The predicted molar refractivity (Wildman–Crippen MR) is 172 cm³/mol. The third-order valence-corrected chi connectivity index (χ3v) is 6.55. The van der Waals surface area contributed by atoms with Crippen LogP contribution in [0, 0.1) is 12.8 Å². The topological polar surface area (TPSA) is 114 Å². The molecule has 0 heterocycles. The standard InChI is InChI=1S/C35H49N3O6/c1-11-21-38(31(40)28(23(2)3)37-33(42)44-35(8,9)10)29(26-20-16-15-17-24(26)4)30(39)36-27(32(41)43-34(5,6)7)22-25-18-13-12-14-19-25/h11-20,23,27-29H,1,21-22H2,2-10H3,(H,36,39)(H,37,42). The van der Waals surface area contributed by atoms with E-state index in [1.807, 2.05) is 49.4 Å². The molecular formula is C35H49N3O6. The van der Waals surface area contributed by atoms with E-state index >= 15 is 0 Å². The molecule has 0 saturated heterocycles. The number of nitrogens with one attached hydrogen (secondary N) is 2. The van der Waals surface area contributed by atoms with E-state index in [4.69, 9.17) is 9.47 Å². The molecule has 0 aromatic heterocycles. The van der Waals surface area contributed by atoms with Crippen molar-refractivity contribution in [3.63, 3.8) is 0 Å². The van der Waals surface area contributed by atoms with Crippen LogP contribution in [-0.4, -0.2) is 58.6 Å². The van der Waals surface area contributed by atoms with Gasteiger partial charge in [-0.15, -0.1) is 6.58 Å². The summed E-state index contributed by atoms with van der Waals surface area (Å²) in [6.07, 6.45) is 0.968. The van der Waals surface area contributed by atoms with Gasteiger partial charge in [0.2, 0.25) is 11.8 Å². The smallest absolute Gasteiger partial charge is 0.408 e.